The van der Waals surface area contributed by atoms with Gasteiger partial charge < -0.3 is 14.4 Å². The van der Waals surface area contributed by atoms with Gasteiger partial charge in [-0.15, -0.1) is 0 Å². The molecule has 0 spiro atoms. The summed E-state index contributed by atoms with van der Waals surface area (Å²) in [5, 5.41) is 0.465. The van der Waals surface area contributed by atoms with Gasteiger partial charge in [-0.2, -0.15) is 0 Å². The van der Waals surface area contributed by atoms with Crippen molar-refractivity contribution in [1.82, 2.24) is 4.98 Å². The van der Waals surface area contributed by atoms with E-state index in [1.807, 2.05) is 30.3 Å². The van der Waals surface area contributed by atoms with Crippen LogP contribution in [0.25, 0.3) is 10.9 Å². The first-order valence-electron chi connectivity index (χ1n) is 7.86. The summed E-state index contributed by atoms with van der Waals surface area (Å²) in [6.45, 7) is 1.02. The highest BCUT2D eigenvalue weighted by atomic mass is 32.2. The van der Waals surface area contributed by atoms with E-state index in [0.29, 0.717) is 42.0 Å². The monoisotopic (exact) mass is 364 g/mol. The number of H-pyrrole nitrogens is 1. The van der Waals surface area contributed by atoms with Crippen molar-refractivity contribution in [1.29, 1.82) is 0 Å². The molecule has 0 fully saturated rings. The van der Waals surface area contributed by atoms with Crippen molar-refractivity contribution in [3.05, 3.63) is 65.9 Å². The summed E-state index contributed by atoms with van der Waals surface area (Å²) >= 11 is 0. The number of hydrogen-bond donors (Lipinski definition) is 2. The summed E-state index contributed by atoms with van der Waals surface area (Å²) in [5.74, 6) is -1.46. The van der Waals surface area contributed by atoms with Gasteiger partial charge in [0, 0.05) is 30.0 Å². The van der Waals surface area contributed by atoms with Crippen molar-refractivity contribution < 1.29 is 17.7 Å². The second-order valence-electron chi connectivity index (χ2n) is 5.56. The second-order valence-corrected chi connectivity index (χ2v) is 6.86. The van der Waals surface area contributed by atoms with Gasteiger partial charge >= 0.3 is 0 Å². The van der Waals surface area contributed by atoms with Gasteiger partial charge in [0.05, 0.1) is 17.8 Å². The van der Waals surface area contributed by atoms with Crippen LogP contribution >= 0.6 is 0 Å². The molecule has 0 amide bonds. The molecule has 0 bridgehead atoms. The van der Waals surface area contributed by atoms with E-state index in [0.717, 1.165) is 17.7 Å². The number of anilines is 1. The van der Waals surface area contributed by atoms with Gasteiger partial charge in [-0.1, -0.05) is 30.3 Å². The zero-order chi connectivity index (χ0) is 17.6. The Bertz CT molecular complexity index is 868. The number of hydrogen-bond acceptors (Lipinski definition) is 2. The molecule has 3 rings (SSSR count). The van der Waals surface area contributed by atoms with E-state index in [4.69, 9.17) is 4.74 Å². The number of aromatic amines is 1. The molecule has 0 saturated heterocycles. The van der Waals surface area contributed by atoms with Gasteiger partial charge in [0.25, 0.3) is 0 Å². The molecule has 0 aliphatic heterocycles. The standard InChI is InChI=1S/C18H18F2N2O2S/c19-15-9-14-17(10-16(15)20)21-11-18(14)22-25(23)8-4-7-24-12-13-5-2-1-3-6-13/h1-3,5-6,9-11,21-22H,4,7-8,12H2. The predicted molar refractivity (Wildman–Crippen MR) is 95.6 cm³/mol. The maximum absolute atomic E-state index is 13.4. The van der Waals surface area contributed by atoms with Crippen molar-refractivity contribution in [2.45, 2.75) is 13.0 Å². The first-order chi connectivity index (χ1) is 12.1. The quantitative estimate of drug-likeness (QED) is 0.591. The second kappa shape index (κ2) is 8.22. The largest absolute Gasteiger partial charge is 0.377 e. The number of aromatic nitrogens is 1. The highest BCUT2D eigenvalue weighted by Gasteiger charge is 2.11. The van der Waals surface area contributed by atoms with E-state index >= 15 is 0 Å². The Labute approximate surface area is 146 Å². The SMILES string of the molecule is O=S(CCCOCc1ccccc1)Nc1c[nH]c2cc(F)c(F)cc12. The van der Waals surface area contributed by atoms with Crippen molar-refractivity contribution in [2.75, 3.05) is 17.1 Å². The van der Waals surface area contributed by atoms with Crippen LogP contribution in [0.5, 0.6) is 0 Å². The molecular formula is C18H18F2N2O2S. The topological polar surface area (TPSA) is 54.1 Å². The summed E-state index contributed by atoms with van der Waals surface area (Å²) in [6.07, 6.45) is 2.17. The Morgan fingerprint density at radius 2 is 1.88 bits per heavy atom. The molecule has 1 aromatic heterocycles. The van der Waals surface area contributed by atoms with Crippen LogP contribution in [0.4, 0.5) is 14.5 Å². The van der Waals surface area contributed by atoms with Crippen molar-refractivity contribution in [3.63, 3.8) is 0 Å². The van der Waals surface area contributed by atoms with Gasteiger partial charge in [0.2, 0.25) is 0 Å². The van der Waals surface area contributed by atoms with Crippen LogP contribution in [0.1, 0.15) is 12.0 Å². The van der Waals surface area contributed by atoms with E-state index in [2.05, 4.69) is 9.71 Å². The number of rotatable bonds is 8. The molecule has 3 aromatic rings. The van der Waals surface area contributed by atoms with Crippen LogP contribution in [-0.4, -0.2) is 21.6 Å². The first kappa shape index (κ1) is 17.6. The smallest absolute Gasteiger partial charge is 0.160 e. The Morgan fingerprint density at radius 1 is 1.12 bits per heavy atom. The fraction of sp³-hybridized carbons (Fsp3) is 0.222. The van der Waals surface area contributed by atoms with Crippen molar-refractivity contribution in [3.8, 4) is 0 Å². The minimum atomic E-state index is -1.33. The highest BCUT2D eigenvalue weighted by molar-refractivity contribution is 7.86. The van der Waals surface area contributed by atoms with E-state index in [9.17, 15) is 13.0 Å². The normalized spacial score (nSPS) is 12.4. The first-order valence-corrected chi connectivity index (χ1v) is 9.18. The number of nitrogens with one attached hydrogen (secondary N) is 2. The van der Waals surface area contributed by atoms with Gasteiger partial charge in [-0.25, -0.2) is 13.0 Å². The van der Waals surface area contributed by atoms with Crippen LogP contribution < -0.4 is 4.72 Å². The highest BCUT2D eigenvalue weighted by Crippen LogP contribution is 2.25. The van der Waals surface area contributed by atoms with Gasteiger partial charge in [-0.3, -0.25) is 0 Å². The Kier molecular flexibility index (Phi) is 5.78. The molecule has 2 aromatic carbocycles. The lowest BCUT2D eigenvalue weighted by atomic mass is 10.2. The van der Waals surface area contributed by atoms with Crippen molar-refractivity contribution in [2.24, 2.45) is 0 Å². The zero-order valence-electron chi connectivity index (χ0n) is 13.4. The lowest BCUT2D eigenvalue weighted by Gasteiger charge is -2.06. The van der Waals surface area contributed by atoms with Crippen LogP contribution in [0.2, 0.25) is 0 Å². The van der Waals surface area contributed by atoms with E-state index in [1.165, 1.54) is 0 Å². The Hall–Kier alpha value is -2.25. The fourth-order valence-electron chi connectivity index (χ4n) is 2.43. The van der Waals surface area contributed by atoms with Crippen LogP contribution in [-0.2, 0) is 22.3 Å². The minimum absolute atomic E-state index is 0.394. The minimum Gasteiger partial charge on any atom is -0.377 e. The van der Waals surface area contributed by atoms with E-state index < -0.39 is 22.6 Å². The zero-order valence-corrected chi connectivity index (χ0v) is 14.2. The maximum Gasteiger partial charge on any atom is 0.160 e. The lowest BCUT2D eigenvalue weighted by Crippen LogP contribution is -2.10. The summed E-state index contributed by atoms with van der Waals surface area (Å²) < 4.78 is 47.0. The molecule has 4 nitrogen and oxygen atoms in total. The molecule has 0 aliphatic carbocycles. The molecule has 0 aliphatic rings. The predicted octanol–water partition coefficient (Wildman–Crippen LogP) is 4.13. The molecule has 1 heterocycles. The number of benzene rings is 2. The summed E-state index contributed by atoms with van der Waals surface area (Å²) in [6, 6.07) is 12.0. The molecular weight excluding hydrogens is 346 g/mol. The number of fused-ring (bicyclic) bond motifs is 1. The molecule has 25 heavy (non-hydrogen) atoms. The number of ether oxygens (including phenoxy) is 1. The summed E-state index contributed by atoms with van der Waals surface area (Å²) in [4.78, 5) is 2.83. The van der Waals surface area contributed by atoms with E-state index in [1.54, 1.807) is 6.20 Å². The Balaban J connectivity index is 1.46. The van der Waals surface area contributed by atoms with Gasteiger partial charge in [0.1, 0.15) is 11.0 Å². The fourth-order valence-corrected chi connectivity index (χ4v) is 3.33. The molecule has 1 unspecified atom stereocenters. The molecule has 2 N–H and O–H groups in total. The van der Waals surface area contributed by atoms with Crippen LogP contribution in [0.3, 0.4) is 0 Å². The Morgan fingerprint density at radius 3 is 2.68 bits per heavy atom. The van der Waals surface area contributed by atoms with Crippen LogP contribution in [0.15, 0.2) is 48.7 Å². The lowest BCUT2D eigenvalue weighted by molar-refractivity contribution is 0.122. The average Bonchev–Trinajstić information content (AvgIpc) is 2.97. The summed E-state index contributed by atoms with van der Waals surface area (Å²) in [7, 11) is -1.33. The third-order valence-electron chi connectivity index (χ3n) is 3.68. The maximum atomic E-state index is 13.4. The van der Waals surface area contributed by atoms with E-state index in [-0.39, 0.29) is 0 Å². The number of halogens is 2. The average molecular weight is 364 g/mol. The molecule has 7 heteroatoms. The third-order valence-corrected chi connectivity index (χ3v) is 4.78. The van der Waals surface area contributed by atoms with Crippen molar-refractivity contribution >= 4 is 27.6 Å². The van der Waals surface area contributed by atoms with Gasteiger partial charge in [0.15, 0.2) is 11.6 Å². The molecule has 132 valence electrons. The van der Waals surface area contributed by atoms with Crippen LogP contribution in [0, 0.1) is 11.6 Å². The third kappa shape index (κ3) is 4.64. The summed E-state index contributed by atoms with van der Waals surface area (Å²) in [5.41, 5.74) is 2.02. The molecule has 0 radical (unpaired) electrons. The molecule has 0 saturated carbocycles. The van der Waals surface area contributed by atoms with Gasteiger partial charge in [-0.05, 0) is 18.1 Å². The molecule has 1 atom stereocenters.